The van der Waals surface area contributed by atoms with Crippen LogP contribution in [0, 0.1) is 0 Å². The van der Waals surface area contributed by atoms with Gasteiger partial charge in [0.15, 0.2) is 4.80 Å². The van der Waals surface area contributed by atoms with Crippen LogP contribution in [0.5, 0.6) is 11.5 Å². The van der Waals surface area contributed by atoms with Gasteiger partial charge in [-0.15, -0.1) is 11.3 Å². The molecule has 0 aliphatic carbocycles. The first-order valence-corrected chi connectivity index (χ1v) is 11.7. The minimum absolute atomic E-state index is 0.0778. The topological polar surface area (TPSA) is 79.1 Å². The Bertz CT molecular complexity index is 1410. The van der Waals surface area contributed by atoms with Crippen LogP contribution in [0.4, 0.5) is 0 Å². The lowest BCUT2D eigenvalue weighted by molar-refractivity contribution is -0.138. The van der Waals surface area contributed by atoms with E-state index in [0.29, 0.717) is 32.1 Å². The number of fused-ring (bicyclic) bond motifs is 1. The van der Waals surface area contributed by atoms with Gasteiger partial charge >= 0.3 is 5.97 Å². The van der Waals surface area contributed by atoms with Gasteiger partial charge in [0, 0.05) is 16.5 Å². The summed E-state index contributed by atoms with van der Waals surface area (Å²) in [5.41, 5.74) is 1.37. The average molecular weight is 483 g/mol. The molecule has 0 saturated carbocycles. The van der Waals surface area contributed by atoms with Gasteiger partial charge < -0.3 is 14.2 Å². The Balaban J connectivity index is 1.90. The number of hydrogen-bond donors (Lipinski definition) is 0. The van der Waals surface area contributed by atoms with Crippen LogP contribution < -0.4 is 24.4 Å². The van der Waals surface area contributed by atoms with Crippen molar-refractivity contribution in [3.05, 3.63) is 89.8 Å². The van der Waals surface area contributed by atoms with E-state index in [9.17, 15) is 9.59 Å². The number of thiophene rings is 1. The Kier molecular flexibility index (Phi) is 6.62. The monoisotopic (exact) mass is 482 g/mol. The molecule has 2 aromatic heterocycles. The number of thiazole rings is 1. The summed E-state index contributed by atoms with van der Waals surface area (Å²) in [5.74, 6) is 0.724. The molecule has 0 bridgehead atoms. The van der Waals surface area contributed by atoms with Crippen LogP contribution in [0.1, 0.15) is 23.4 Å². The summed E-state index contributed by atoms with van der Waals surface area (Å²) in [4.78, 5) is 32.4. The van der Waals surface area contributed by atoms with Crippen LogP contribution >= 0.6 is 22.7 Å². The van der Waals surface area contributed by atoms with Gasteiger partial charge in [-0.05, 0) is 36.6 Å². The zero-order valence-electron chi connectivity index (χ0n) is 18.4. The first-order chi connectivity index (χ1) is 16.0. The Morgan fingerprint density at radius 1 is 1.27 bits per heavy atom. The number of benzene rings is 1. The minimum atomic E-state index is -0.613. The molecule has 33 heavy (non-hydrogen) atoms. The maximum atomic E-state index is 13.6. The van der Waals surface area contributed by atoms with Crippen LogP contribution in [-0.4, -0.2) is 31.4 Å². The van der Waals surface area contributed by atoms with Gasteiger partial charge in [-0.25, -0.2) is 9.79 Å². The van der Waals surface area contributed by atoms with Crippen LogP contribution in [0.2, 0.25) is 0 Å². The summed E-state index contributed by atoms with van der Waals surface area (Å²) in [6.45, 7) is 5.43. The number of nitrogens with zero attached hydrogens (tertiary/aromatic N) is 2. The Morgan fingerprint density at radius 3 is 2.76 bits per heavy atom. The lowest BCUT2D eigenvalue weighted by Gasteiger charge is -2.23. The van der Waals surface area contributed by atoms with Gasteiger partial charge in [-0.3, -0.25) is 9.36 Å². The van der Waals surface area contributed by atoms with E-state index in [1.165, 1.54) is 28.7 Å². The lowest BCUT2D eigenvalue weighted by Crippen LogP contribution is -2.39. The van der Waals surface area contributed by atoms with Gasteiger partial charge in [-0.2, -0.15) is 0 Å². The normalized spacial score (nSPS) is 15.6. The first-order valence-electron chi connectivity index (χ1n) is 10.0. The van der Waals surface area contributed by atoms with Crippen molar-refractivity contribution in [2.45, 2.75) is 13.0 Å². The van der Waals surface area contributed by atoms with Crippen molar-refractivity contribution < 1.29 is 19.0 Å². The van der Waals surface area contributed by atoms with E-state index in [-0.39, 0.29) is 12.2 Å². The molecule has 0 N–H and O–H groups in total. The van der Waals surface area contributed by atoms with Gasteiger partial charge in [0.2, 0.25) is 0 Å². The molecule has 3 aromatic rings. The van der Waals surface area contributed by atoms with Crippen molar-refractivity contribution in [2.75, 3.05) is 20.8 Å². The van der Waals surface area contributed by atoms with E-state index >= 15 is 0 Å². The van der Waals surface area contributed by atoms with Crippen molar-refractivity contribution in [3.63, 3.8) is 0 Å². The number of methoxy groups -OCH3 is 2. The van der Waals surface area contributed by atoms with Gasteiger partial charge in [0.25, 0.3) is 5.56 Å². The summed E-state index contributed by atoms with van der Waals surface area (Å²) >= 11 is 2.74. The van der Waals surface area contributed by atoms with Crippen molar-refractivity contribution in [1.82, 2.24) is 4.57 Å². The fourth-order valence-electron chi connectivity index (χ4n) is 3.59. The number of aromatic nitrogens is 1. The fourth-order valence-corrected chi connectivity index (χ4v) is 5.45. The fraction of sp³-hybridized carbons (Fsp3) is 0.208. The average Bonchev–Trinajstić information content (AvgIpc) is 3.45. The van der Waals surface area contributed by atoms with Crippen LogP contribution in [0.15, 0.2) is 69.4 Å². The molecule has 3 heterocycles. The molecule has 1 atom stereocenters. The standard InChI is InChI=1S/C24H22N2O5S2/c1-5-10-31-23(28)20-14(2)25-24-26(21(20)18-7-6-11-32-18)22(27)19(33-24)12-15-8-9-16(29-3)13-17(15)30-4/h5-9,11-13,21H,1,10H2,2-4H3/b19-12-/t21-/m0/s1. The third kappa shape index (κ3) is 4.29. The minimum Gasteiger partial charge on any atom is -0.497 e. The number of esters is 1. The molecule has 0 spiro atoms. The summed E-state index contributed by atoms with van der Waals surface area (Å²) < 4.78 is 18.1. The molecule has 9 heteroatoms. The molecule has 170 valence electrons. The Labute approximate surface area is 198 Å². The van der Waals surface area contributed by atoms with E-state index in [2.05, 4.69) is 11.6 Å². The highest BCUT2D eigenvalue weighted by molar-refractivity contribution is 7.10. The number of allylic oxidation sites excluding steroid dienone is 1. The molecule has 0 amide bonds. The molecule has 1 aliphatic rings. The quantitative estimate of drug-likeness (QED) is 0.382. The highest BCUT2D eigenvalue weighted by Gasteiger charge is 2.33. The molecular formula is C24H22N2O5S2. The van der Waals surface area contributed by atoms with E-state index in [0.717, 1.165) is 10.4 Å². The van der Waals surface area contributed by atoms with Gasteiger partial charge in [0.1, 0.15) is 24.1 Å². The van der Waals surface area contributed by atoms with Gasteiger partial charge in [-0.1, -0.05) is 30.1 Å². The van der Waals surface area contributed by atoms with Crippen molar-refractivity contribution in [1.29, 1.82) is 0 Å². The van der Waals surface area contributed by atoms with E-state index in [1.54, 1.807) is 43.9 Å². The Morgan fingerprint density at radius 2 is 2.09 bits per heavy atom. The maximum Gasteiger partial charge on any atom is 0.338 e. The highest BCUT2D eigenvalue weighted by Crippen LogP contribution is 2.33. The highest BCUT2D eigenvalue weighted by atomic mass is 32.1. The Hall–Kier alpha value is -3.43. The van der Waals surface area contributed by atoms with Crippen LogP contribution in [0.25, 0.3) is 6.08 Å². The molecule has 0 radical (unpaired) electrons. The lowest BCUT2D eigenvalue weighted by atomic mass is 10.0. The number of hydrogen-bond acceptors (Lipinski definition) is 8. The maximum absolute atomic E-state index is 13.6. The number of carbonyl (C=O) groups excluding carboxylic acids is 1. The zero-order valence-corrected chi connectivity index (χ0v) is 20.0. The molecule has 1 aliphatic heterocycles. The van der Waals surface area contributed by atoms with E-state index < -0.39 is 12.0 Å². The predicted octanol–water partition coefficient (Wildman–Crippen LogP) is 3.04. The SMILES string of the molecule is C=CCOC(=O)C1=C(C)N=c2s/c(=C\c3ccc(OC)cc3OC)c(=O)n2[C@H]1c1cccs1. The molecule has 0 saturated heterocycles. The number of rotatable bonds is 7. The summed E-state index contributed by atoms with van der Waals surface area (Å²) in [5, 5.41) is 1.91. The van der Waals surface area contributed by atoms with Gasteiger partial charge in [0.05, 0.1) is 30.0 Å². The third-order valence-corrected chi connectivity index (χ3v) is 7.02. The molecular weight excluding hydrogens is 460 g/mol. The smallest absolute Gasteiger partial charge is 0.338 e. The molecule has 4 rings (SSSR count). The van der Waals surface area contributed by atoms with Crippen LogP contribution in [0.3, 0.4) is 0 Å². The molecule has 7 nitrogen and oxygen atoms in total. The largest absolute Gasteiger partial charge is 0.497 e. The molecule has 0 fully saturated rings. The summed E-state index contributed by atoms with van der Waals surface area (Å²) in [6.07, 6.45) is 3.27. The summed E-state index contributed by atoms with van der Waals surface area (Å²) in [7, 11) is 3.14. The second kappa shape index (κ2) is 9.60. The predicted molar refractivity (Wildman–Crippen MR) is 129 cm³/mol. The summed E-state index contributed by atoms with van der Waals surface area (Å²) in [6, 6.07) is 8.57. The number of ether oxygens (including phenoxy) is 3. The van der Waals surface area contributed by atoms with Crippen molar-refractivity contribution in [2.24, 2.45) is 4.99 Å². The first kappa shape index (κ1) is 22.8. The van der Waals surface area contributed by atoms with Crippen molar-refractivity contribution >= 4 is 34.7 Å². The van der Waals surface area contributed by atoms with Crippen LogP contribution in [-0.2, 0) is 9.53 Å². The molecule has 1 aromatic carbocycles. The van der Waals surface area contributed by atoms with E-state index in [1.807, 2.05) is 23.6 Å². The second-order valence-electron chi connectivity index (χ2n) is 7.09. The zero-order chi connectivity index (χ0) is 23.5. The van der Waals surface area contributed by atoms with Crippen molar-refractivity contribution in [3.8, 4) is 11.5 Å². The number of carbonyl (C=O) groups is 1. The van der Waals surface area contributed by atoms with E-state index in [4.69, 9.17) is 14.2 Å². The second-order valence-corrected chi connectivity index (χ2v) is 9.08. The third-order valence-electron chi connectivity index (χ3n) is 5.11. The molecule has 0 unspecified atom stereocenters.